The number of fused-ring (bicyclic) bond motifs is 2. The van der Waals surface area contributed by atoms with E-state index in [1.165, 1.54) is 24.0 Å². The van der Waals surface area contributed by atoms with Gasteiger partial charge in [-0.05, 0) is 42.7 Å². The summed E-state index contributed by atoms with van der Waals surface area (Å²) in [5, 5.41) is 0. The van der Waals surface area contributed by atoms with E-state index in [9.17, 15) is 4.79 Å². The third kappa shape index (κ3) is 1.40. The smallest absolute Gasteiger partial charge is 0.346 e. The lowest BCUT2D eigenvalue weighted by molar-refractivity contribution is 0.166. The highest BCUT2D eigenvalue weighted by atomic mass is 16.2. The van der Waals surface area contributed by atoms with Crippen molar-refractivity contribution in [3.05, 3.63) is 35.4 Å². The van der Waals surface area contributed by atoms with Gasteiger partial charge in [-0.1, -0.05) is 24.3 Å². The maximum atomic E-state index is 12.2. The van der Waals surface area contributed by atoms with Crippen molar-refractivity contribution in [3.8, 4) is 0 Å². The van der Waals surface area contributed by atoms with Crippen molar-refractivity contribution in [2.75, 3.05) is 6.54 Å². The summed E-state index contributed by atoms with van der Waals surface area (Å²) in [5.41, 5.74) is 8.19. The van der Waals surface area contributed by atoms with Crippen LogP contribution in [0, 0.1) is 5.92 Å². The second-order valence-corrected chi connectivity index (χ2v) is 5.85. The van der Waals surface area contributed by atoms with Crippen LogP contribution in [0.1, 0.15) is 30.4 Å². The van der Waals surface area contributed by atoms with Crippen molar-refractivity contribution in [1.29, 1.82) is 0 Å². The fourth-order valence-electron chi connectivity index (χ4n) is 3.49. The molecule has 1 unspecified atom stereocenters. The molecule has 1 heterocycles. The Morgan fingerprint density at radius 3 is 2.95 bits per heavy atom. The Balaban J connectivity index is 1.83. The normalized spacial score (nSPS) is 28.9. The Hall–Kier alpha value is -1.84. The van der Waals surface area contributed by atoms with Gasteiger partial charge in [-0.2, -0.15) is 4.99 Å². The third-order valence-electron chi connectivity index (χ3n) is 4.69. The summed E-state index contributed by atoms with van der Waals surface area (Å²) in [7, 11) is 0. The van der Waals surface area contributed by atoms with Gasteiger partial charge in [0, 0.05) is 6.54 Å². The van der Waals surface area contributed by atoms with Gasteiger partial charge in [-0.15, -0.1) is 0 Å². The molecule has 2 N–H and O–H groups in total. The number of rotatable bonds is 2. The van der Waals surface area contributed by atoms with Gasteiger partial charge in [0.2, 0.25) is 0 Å². The Kier molecular flexibility index (Phi) is 2.08. The first-order valence-electron chi connectivity index (χ1n) is 6.96. The molecule has 0 radical (unpaired) electrons. The van der Waals surface area contributed by atoms with Crippen LogP contribution in [0.2, 0.25) is 0 Å². The van der Waals surface area contributed by atoms with Crippen LogP contribution < -0.4 is 5.73 Å². The average molecular weight is 255 g/mol. The summed E-state index contributed by atoms with van der Waals surface area (Å²) in [4.78, 5) is 18.2. The molecule has 1 aromatic rings. The maximum absolute atomic E-state index is 12.2. The van der Waals surface area contributed by atoms with Crippen LogP contribution in [0.15, 0.2) is 29.3 Å². The standard InChI is InChI=1S/C15H17N3O/c16-13-15(8-7-11-3-1-2-4-12(11)15)18(14(19)17-13)9-10-5-6-10/h1-4,10H,5-9H2,(H2,16,17,19). The number of carbonyl (C=O) groups excluding carboxylic acids is 1. The maximum Gasteiger partial charge on any atom is 0.346 e. The zero-order valence-corrected chi connectivity index (χ0v) is 10.8. The Morgan fingerprint density at radius 2 is 2.16 bits per heavy atom. The monoisotopic (exact) mass is 255 g/mol. The van der Waals surface area contributed by atoms with E-state index in [-0.39, 0.29) is 6.03 Å². The number of amidine groups is 1. The first kappa shape index (κ1) is 11.0. The number of urea groups is 1. The highest BCUT2D eigenvalue weighted by Gasteiger charge is 2.53. The van der Waals surface area contributed by atoms with Crippen molar-refractivity contribution in [2.24, 2.45) is 16.6 Å². The number of nitrogens with zero attached hydrogens (tertiary/aromatic N) is 2. The van der Waals surface area contributed by atoms with E-state index in [2.05, 4.69) is 17.1 Å². The average Bonchev–Trinajstić information content (AvgIpc) is 3.10. The molecule has 2 amide bonds. The van der Waals surface area contributed by atoms with Crippen LogP contribution in [0.3, 0.4) is 0 Å². The summed E-state index contributed by atoms with van der Waals surface area (Å²) in [6, 6.07) is 8.16. The topological polar surface area (TPSA) is 58.7 Å². The van der Waals surface area contributed by atoms with E-state index in [0.29, 0.717) is 11.8 Å². The van der Waals surface area contributed by atoms with Gasteiger partial charge >= 0.3 is 6.03 Å². The van der Waals surface area contributed by atoms with Crippen molar-refractivity contribution in [3.63, 3.8) is 0 Å². The summed E-state index contributed by atoms with van der Waals surface area (Å²) in [6.45, 7) is 0.803. The minimum absolute atomic E-state index is 0.152. The third-order valence-corrected chi connectivity index (χ3v) is 4.69. The number of aliphatic imine (C=N–C) groups is 1. The van der Waals surface area contributed by atoms with E-state index in [4.69, 9.17) is 5.73 Å². The van der Waals surface area contributed by atoms with Crippen molar-refractivity contribution in [2.45, 2.75) is 31.2 Å². The molecular formula is C15H17N3O. The SMILES string of the molecule is NC1=NC(=O)N(CC2CC2)C12CCc1ccccc12. The number of aryl methyl sites for hydroxylation is 1. The van der Waals surface area contributed by atoms with Gasteiger partial charge in [-0.25, -0.2) is 4.79 Å². The molecule has 98 valence electrons. The van der Waals surface area contributed by atoms with Gasteiger partial charge in [0.15, 0.2) is 0 Å². The van der Waals surface area contributed by atoms with Gasteiger partial charge < -0.3 is 10.6 Å². The number of nitrogens with two attached hydrogens (primary N) is 1. The number of benzene rings is 1. The first-order valence-corrected chi connectivity index (χ1v) is 6.96. The molecule has 0 bridgehead atoms. The highest BCUT2D eigenvalue weighted by Crippen LogP contribution is 2.46. The first-order chi connectivity index (χ1) is 9.22. The molecule has 1 spiro atoms. The Labute approximate surface area is 112 Å². The van der Waals surface area contributed by atoms with E-state index in [0.717, 1.165) is 19.4 Å². The second-order valence-electron chi connectivity index (χ2n) is 5.85. The zero-order chi connectivity index (χ0) is 13.0. The van der Waals surface area contributed by atoms with Crippen molar-refractivity contribution >= 4 is 11.9 Å². The fraction of sp³-hybridized carbons (Fsp3) is 0.467. The summed E-state index contributed by atoms with van der Waals surface area (Å²) >= 11 is 0. The number of carbonyl (C=O) groups is 1. The largest absolute Gasteiger partial charge is 0.385 e. The lowest BCUT2D eigenvalue weighted by atomic mass is 9.89. The van der Waals surface area contributed by atoms with Crippen LogP contribution in [-0.2, 0) is 12.0 Å². The molecule has 4 nitrogen and oxygen atoms in total. The highest BCUT2D eigenvalue weighted by molar-refractivity contribution is 6.07. The molecule has 1 saturated carbocycles. The van der Waals surface area contributed by atoms with Crippen LogP contribution >= 0.6 is 0 Å². The zero-order valence-electron chi connectivity index (χ0n) is 10.8. The van der Waals surface area contributed by atoms with E-state index in [1.807, 2.05) is 17.0 Å². The van der Waals surface area contributed by atoms with Gasteiger partial charge in [-0.3, -0.25) is 0 Å². The molecule has 4 heteroatoms. The Bertz CT molecular complexity index is 591. The minimum Gasteiger partial charge on any atom is -0.385 e. The molecule has 1 atom stereocenters. The Morgan fingerprint density at radius 1 is 1.37 bits per heavy atom. The van der Waals surface area contributed by atoms with Crippen LogP contribution in [0.4, 0.5) is 4.79 Å². The predicted molar refractivity (Wildman–Crippen MR) is 72.9 cm³/mol. The minimum atomic E-state index is -0.448. The predicted octanol–water partition coefficient (Wildman–Crippen LogP) is 2.03. The number of hydrogen-bond acceptors (Lipinski definition) is 2. The molecule has 1 fully saturated rings. The molecule has 19 heavy (non-hydrogen) atoms. The lowest BCUT2D eigenvalue weighted by Gasteiger charge is -2.35. The van der Waals surface area contributed by atoms with Crippen LogP contribution in [0.5, 0.6) is 0 Å². The summed E-state index contributed by atoms with van der Waals surface area (Å²) < 4.78 is 0. The number of amides is 2. The molecule has 4 rings (SSSR count). The van der Waals surface area contributed by atoms with E-state index < -0.39 is 5.54 Å². The van der Waals surface area contributed by atoms with Crippen molar-refractivity contribution < 1.29 is 4.79 Å². The van der Waals surface area contributed by atoms with Crippen molar-refractivity contribution in [1.82, 2.24) is 4.90 Å². The quantitative estimate of drug-likeness (QED) is 0.879. The van der Waals surface area contributed by atoms with Crippen LogP contribution in [-0.4, -0.2) is 23.3 Å². The molecule has 2 aliphatic carbocycles. The van der Waals surface area contributed by atoms with Gasteiger partial charge in [0.1, 0.15) is 11.4 Å². The molecule has 1 aliphatic heterocycles. The fourth-order valence-corrected chi connectivity index (χ4v) is 3.49. The second kappa shape index (κ2) is 3.59. The summed E-state index contributed by atoms with van der Waals surface area (Å²) in [5.74, 6) is 1.14. The lowest BCUT2D eigenvalue weighted by Crippen LogP contribution is -2.50. The molecule has 1 aromatic carbocycles. The summed E-state index contributed by atoms with van der Waals surface area (Å²) in [6.07, 6.45) is 4.30. The molecule has 0 aromatic heterocycles. The molecular weight excluding hydrogens is 238 g/mol. The van der Waals surface area contributed by atoms with E-state index in [1.54, 1.807) is 0 Å². The molecule has 0 saturated heterocycles. The van der Waals surface area contributed by atoms with Gasteiger partial charge in [0.25, 0.3) is 0 Å². The van der Waals surface area contributed by atoms with E-state index >= 15 is 0 Å². The number of hydrogen-bond donors (Lipinski definition) is 1. The molecule has 3 aliphatic rings. The van der Waals surface area contributed by atoms with Gasteiger partial charge in [0.05, 0.1) is 0 Å². The van der Waals surface area contributed by atoms with Crippen LogP contribution in [0.25, 0.3) is 0 Å².